The lowest BCUT2D eigenvalue weighted by Crippen LogP contribution is -2.31. The van der Waals surface area contributed by atoms with Crippen LogP contribution in [0.1, 0.15) is 12.0 Å². The fraction of sp³-hybridized carbons (Fsp3) is 0.375. The molecule has 0 saturated heterocycles. The number of aldehydes is 1. The molecule has 0 radical (unpaired) electrons. The third-order valence-electron chi connectivity index (χ3n) is 2.77. The summed E-state index contributed by atoms with van der Waals surface area (Å²) in [4.78, 5) is 24.5. The molecule has 20 heavy (non-hydrogen) atoms. The van der Waals surface area contributed by atoms with Crippen molar-refractivity contribution in [1.82, 2.24) is 4.90 Å². The van der Waals surface area contributed by atoms with Crippen molar-refractivity contribution in [2.24, 2.45) is 0 Å². The first-order chi connectivity index (χ1) is 9.42. The molecule has 0 unspecified atom stereocenters. The summed E-state index contributed by atoms with van der Waals surface area (Å²) in [5.41, 5.74) is 3.11. The summed E-state index contributed by atoms with van der Waals surface area (Å²) in [5, 5.41) is 0. The third-order valence-corrected chi connectivity index (χ3v) is 3.94. The SMILES string of the molecule is C[Si](C)(C)/C=C/C(=O)N(CCC=O)Cc1ccccc1. The molecular weight excluding hydrogens is 266 g/mol. The first kappa shape index (κ1) is 16.4. The molecule has 0 aliphatic rings. The molecule has 0 aliphatic carbocycles. The number of carbonyl (C=O) groups excluding carboxylic acids is 2. The molecule has 1 rings (SSSR count). The van der Waals surface area contributed by atoms with Gasteiger partial charge < -0.3 is 9.69 Å². The summed E-state index contributed by atoms with van der Waals surface area (Å²) < 4.78 is 0. The normalized spacial score (nSPS) is 11.6. The second-order valence-corrected chi connectivity index (χ2v) is 11.0. The van der Waals surface area contributed by atoms with E-state index in [-0.39, 0.29) is 5.91 Å². The van der Waals surface area contributed by atoms with Crippen LogP contribution in [-0.2, 0) is 16.1 Å². The first-order valence-corrected chi connectivity index (χ1v) is 10.5. The van der Waals surface area contributed by atoms with Crippen molar-refractivity contribution in [1.29, 1.82) is 0 Å². The van der Waals surface area contributed by atoms with Crippen molar-refractivity contribution >= 4 is 20.3 Å². The lowest BCUT2D eigenvalue weighted by molar-refractivity contribution is -0.126. The molecule has 0 bridgehead atoms. The van der Waals surface area contributed by atoms with Crippen molar-refractivity contribution in [2.75, 3.05) is 6.54 Å². The van der Waals surface area contributed by atoms with E-state index in [1.54, 1.807) is 11.0 Å². The standard InChI is InChI=1S/C16H23NO2Si/c1-20(2,3)13-10-16(19)17(11-7-12-18)14-15-8-5-4-6-9-15/h4-6,8-10,12-13H,7,11,14H2,1-3H3/b13-10+. The first-order valence-electron chi connectivity index (χ1n) is 6.88. The quantitative estimate of drug-likeness (QED) is 0.439. The van der Waals surface area contributed by atoms with E-state index >= 15 is 0 Å². The molecule has 0 saturated carbocycles. The van der Waals surface area contributed by atoms with Gasteiger partial charge in [0, 0.05) is 19.5 Å². The second kappa shape index (κ2) is 7.80. The van der Waals surface area contributed by atoms with Gasteiger partial charge in [-0.2, -0.15) is 0 Å². The predicted molar refractivity (Wildman–Crippen MR) is 85.0 cm³/mol. The van der Waals surface area contributed by atoms with Crippen LogP contribution < -0.4 is 0 Å². The average molecular weight is 289 g/mol. The number of carbonyl (C=O) groups is 2. The molecule has 3 nitrogen and oxygen atoms in total. The molecule has 4 heteroatoms. The van der Waals surface area contributed by atoms with Gasteiger partial charge in [0.2, 0.25) is 5.91 Å². The monoisotopic (exact) mass is 289 g/mol. The lowest BCUT2D eigenvalue weighted by atomic mass is 10.2. The number of rotatable bonds is 7. The summed E-state index contributed by atoms with van der Waals surface area (Å²) in [6.45, 7) is 7.56. The highest BCUT2D eigenvalue weighted by atomic mass is 28.3. The Bertz CT molecular complexity index is 463. The van der Waals surface area contributed by atoms with E-state index < -0.39 is 8.07 Å². The van der Waals surface area contributed by atoms with Crippen molar-refractivity contribution in [2.45, 2.75) is 32.6 Å². The molecule has 0 spiro atoms. The fourth-order valence-corrected chi connectivity index (χ4v) is 2.35. The second-order valence-electron chi connectivity index (χ2n) is 5.90. The van der Waals surface area contributed by atoms with E-state index in [1.807, 2.05) is 36.0 Å². The zero-order chi connectivity index (χ0) is 15.0. The predicted octanol–water partition coefficient (Wildman–Crippen LogP) is 3.04. The van der Waals surface area contributed by atoms with Gasteiger partial charge in [-0.25, -0.2) is 0 Å². The van der Waals surface area contributed by atoms with E-state index in [9.17, 15) is 9.59 Å². The number of hydrogen-bond acceptors (Lipinski definition) is 2. The smallest absolute Gasteiger partial charge is 0.246 e. The van der Waals surface area contributed by atoms with Gasteiger partial charge in [-0.1, -0.05) is 55.7 Å². The lowest BCUT2D eigenvalue weighted by Gasteiger charge is -2.21. The largest absolute Gasteiger partial charge is 0.334 e. The van der Waals surface area contributed by atoms with Crippen LogP contribution in [0.2, 0.25) is 19.6 Å². The summed E-state index contributed by atoms with van der Waals surface area (Å²) in [5.74, 6) is -0.0156. The van der Waals surface area contributed by atoms with Gasteiger partial charge in [-0.15, -0.1) is 0 Å². The molecule has 0 aromatic heterocycles. The van der Waals surface area contributed by atoms with Gasteiger partial charge >= 0.3 is 0 Å². The minimum Gasteiger partial charge on any atom is -0.334 e. The zero-order valence-corrected chi connectivity index (χ0v) is 13.5. The molecule has 0 fully saturated rings. The van der Waals surface area contributed by atoms with Crippen molar-refractivity contribution < 1.29 is 9.59 Å². The molecule has 0 N–H and O–H groups in total. The van der Waals surface area contributed by atoms with Crippen LogP contribution in [0.4, 0.5) is 0 Å². The van der Waals surface area contributed by atoms with Gasteiger partial charge in [0.15, 0.2) is 0 Å². The minimum atomic E-state index is -1.39. The minimum absolute atomic E-state index is 0.0156. The highest BCUT2D eigenvalue weighted by Gasteiger charge is 2.13. The summed E-state index contributed by atoms with van der Waals surface area (Å²) in [6, 6.07) is 9.84. The Hall–Kier alpha value is -1.68. The van der Waals surface area contributed by atoms with E-state index in [0.717, 1.165) is 11.8 Å². The van der Waals surface area contributed by atoms with Gasteiger partial charge in [-0.3, -0.25) is 4.79 Å². The Kier molecular flexibility index (Phi) is 6.38. The number of benzene rings is 1. The number of nitrogens with zero attached hydrogens (tertiary/aromatic N) is 1. The Balaban J connectivity index is 2.75. The van der Waals surface area contributed by atoms with E-state index in [0.29, 0.717) is 19.5 Å². The Morgan fingerprint density at radius 2 is 1.85 bits per heavy atom. The van der Waals surface area contributed by atoms with Crippen LogP contribution in [0.5, 0.6) is 0 Å². The van der Waals surface area contributed by atoms with Crippen molar-refractivity contribution in [3.05, 3.63) is 47.7 Å². The van der Waals surface area contributed by atoms with Gasteiger partial charge in [0.05, 0.1) is 8.07 Å². The maximum atomic E-state index is 12.2. The fourth-order valence-electron chi connectivity index (χ4n) is 1.71. The molecule has 1 amide bonds. The van der Waals surface area contributed by atoms with Crippen LogP contribution in [0.3, 0.4) is 0 Å². The molecule has 0 aliphatic heterocycles. The molecule has 1 aromatic rings. The highest BCUT2D eigenvalue weighted by molar-refractivity contribution is 6.81. The van der Waals surface area contributed by atoms with Crippen molar-refractivity contribution in [3.8, 4) is 0 Å². The van der Waals surface area contributed by atoms with Crippen LogP contribution in [-0.4, -0.2) is 31.7 Å². The molecule has 0 atom stereocenters. The maximum Gasteiger partial charge on any atom is 0.246 e. The number of hydrogen-bond donors (Lipinski definition) is 0. The van der Waals surface area contributed by atoms with E-state index in [4.69, 9.17) is 0 Å². The molecule has 0 heterocycles. The van der Waals surface area contributed by atoms with E-state index in [2.05, 4.69) is 19.6 Å². The molecule has 108 valence electrons. The van der Waals surface area contributed by atoms with Crippen LogP contribution >= 0.6 is 0 Å². The molecule has 1 aromatic carbocycles. The van der Waals surface area contributed by atoms with Gasteiger partial charge in [0.1, 0.15) is 6.29 Å². The molecular formula is C16H23NO2Si. The Morgan fingerprint density at radius 3 is 2.40 bits per heavy atom. The Morgan fingerprint density at radius 1 is 1.20 bits per heavy atom. The maximum absolute atomic E-state index is 12.2. The average Bonchev–Trinajstić information content (AvgIpc) is 2.41. The van der Waals surface area contributed by atoms with Gasteiger partial charge in [-0.05, 0) is 11.6 Å². The summed E-state index contributed by atoms with van der Waals surface area (Å²) in [7, 11) is -1.39. The summed E-state index contributed by atoms with van der Waals surface area (Å²) >= 11 is 0. The van der Waals surface area contributed by atoms with Crippen molar-refractivity contribution in [3.63, 3.8) is 0 Å². The van der Waals surface area contributed by atoms with Gasteiger partial charge in [0.25, 0.3) is 0 Å². The topological polar surface area (TPSA) is 37.4 Å². The van der Waals surface area contributed by atoms with Crippen LogP contribution in [0.25, 0.3) is 0 Å². The van der Waals surface area contributed by atoms with Crippen LogP contribution in [0.15, 0.2) is 42.1 Å². The Labute approximate surface area is 122 Å². The number of amides is 1. The zero-order valence-electron chi connectivity index (χ0n) is 12.5. The third kappa shape index (κ3) is 6.47. The highest BCUT2D eigenvalue weighted by Crippen LogP contribution is 2.08. The van der Waals surface area contributed by atoms with E-state index in [1.165, 1.54) is 0 Å². The van der Waals surface area contributed by atoms with Crippen LogP contribution in [0, 0.1) is 0 Å². The summed E-state index contributed by atoms with van der Waals surface area (Å²) in [6.07, 6.45) is 2.90.